The maximum absolute atomic E-state index is 11.7. The van der Waals surface area contributed by atoms with E-state index in [1.807, 2.05) is 31.2 Å². The first-order chi connectivity index (χ1) is 8.65. The van der Waals surface area contributed by atoms with E-state index in [2.05, 4.69) is 31.5 Å². The second-order valence-corrected chi connectivity index (χ2v) is 4.61. The van der Waals surface area contributed by atoms with E-state index in [0.29, 0.717) is 5.82 Å². The lowest BCUT2D eigenvalue weighted by molar-refractivity contribution is 0.262. The summed E-state index contributed by atoms with van der Waals surface area (Å²) in [6, 6.07) is 10.6. The van der Waals surface area contributed by atoms with Crippen LogP contribution in [0, 0.1) is 6.92 Å². The third kappa shape index (κ3) is 3.30. The van der Waals surface area contributed by atoms with Crippen LogP contribution in [-0.2, 0) is 0 Å². The van der Waals surface area contributed by atoms with Crippen LogP contribution in [0.1, 0.15) is 5.56 Å². The highest BCUT2D eigenvalue weighted by molar-refractivity contribution is 9.10. The number of halogens is 1. The zero-order chi connectivity index (χ0) is 13.0. The van der Waals surface area contributed by atoms with Crippen LogP contribution in [0.4, 0.5) is 16.3 Å². The van der Waals surface area contributed by atoms with Crippen LogP contribution < -0.4 is 10.6 Å². The maximum atomic E-state index is 11.7. The van der Waals surface area contributed by atoms with E-state index < -0.39 is 0 Å². The molecule has 0 unspecified atom stereocenters. The minimum Gasteiger partial charge on any atom is -0.308 e. The molecule has 2 amide bonds. The summed E-state index contributed by atoms with van der Waals surface area (Å²) in [5.41, 5.74) is 1.84. The lowest BCUT2D eigenvalue weighted by Gasteiger charge is -2.08. The molecular weight excluding hydrogens is 294 g/mol. The van der Waals surface area contributed by atoms with Crippen LogP contribution in [0.25, 0.3) is 0 Å². The topological polar surface area (TPSA) is 54.0 Å². The number of hydrogen-bond acceptors (Lipinski definition) is 2. The van der Waals surface area contributed by atoms with Gasteiger partial charge in [-0.3, -0.25) is 5.32 Å². The number of aryl methyl sites for hydroxylation is 1. The number of hydrogen-bond donors (Lipinski definition) is 2. The Morgan fingerprint density at radius 1 is 1.22 bits per heavy atom. The number of benzene rings is 1. The summed E-state index contributed by atoms with van der Waals surface area (Å²) in [6.07, 6.45) is 1.62. The van der Waals surface area contributed by atoms with E-state index in [4.69, 9.17) is 0 Å². The van der Waals surface area contributed by atoms with Crippen LogP contribution in [-0.4, -0.2) is 11.0 Å². The molecule has 0 saturated carbocycles. The summed E-state index contributed by atoms with van der Waals surface area (Å²) in [6.45, 7) is 1.99. The normalized spacial score (nSPS) is 9.89. The highest BCUT2D eigenvalue weighted by Crippen LogP contribution is 2.20. The second kappa shape index (κ2) is 5.64. The van der Waals surface area contributed by atoms with Crippen LogP contribution in [0.3, 0.4) is 0 Å². The molecule has 92 valence electrons. The third-order valence-electron chi connectivity index (χ3n) is 2.34. The smallest absolute Gasteiger partial charge is 0.308 e. The van der Waals surface area contributed by atoms with Crippen molar-refractivity contribution < 1.29 is 4.79 Å². The van der Waals surface area contributed by atoms with Gasteiger partial charge in [0.25, 0.3) is 0 Å². The molecule has 0 radical (unpaired) electrons. The lowest BCUT2D eigenvalue weighted by Crippen LogP contribution is -2.19. The molecule has 4 nitrogen and oxygen atoms in total. The van der Waals surface area contributed by atoms with Gasteiger partial charge >= 0.3 is 6.03 Å². The lowest BCUT2D eigenvalue weighted by atomic mass is 10.2. The molecule has 0 aliphatic rings. The van der Waals surface area contributed by atoms with Crippen molar-refractivity contribution in [3.05, 3.63) is 52.6 Å². The zero-order valence-electron chi connectivity index (χ0n) is 9.77. The van der Waals surface area contributed by atoms with Crippen LogP contribution in [0.5, 0.6) is 0 Å². The largest absolute Gasteiger partial charge is 0.324 e. The predicted octanol–water partition coefficient (Wildman–Crippen LogP) is 3.80. The molecule has 1 aromatic carbocycles. The number of urea groups is 1. The molecule has 1 aromatic heterocycles. The molecule has 0 saturated heterocycles. The number of pyridine rings is 1. The summed E-state index contributed by atoms with van der Waals surface area (Å²) in [4.78, 5) is 15.7. The summed E-state index contributed by atoms with van der Waals surface area (Å²) in [7, 11) is 0. The maximum Gasteiger partial charge on any atom is 0.324 e. The first-order valence-electron chi connectivity index (χ1n) is 5.40. The van der Waals surface area contributed by atoms with E-state index >= 15 is 0 Å². The fraction of sp³-hybridized carbons (Fsp3) is 0.0769. The van der Waals surface area contributed by atoms with Gasteiger partial charge in [-0.25, -0.2) is 9.78 Å². The Kier molecular flexibility index (Phi) is 3.94. The van der Waals surface area contributed by atoms with Gasteiger partial charge in [-0.2, -0.15) is 0 Å². The Morgan fingerprint density at radius 3 is 2.72 bits per heavy atom. The number of aromatic nitrogens is 1. The van der Waals surface area contributed by atoms with Crippen molar-refractivity contribution in [2.45, 2.75) is 6.92 Å². The average molecular weight is 306 g/mol. The number of carbonyl (C=O) groups excluding carboxylic acids is 1. The fourth-order valence-electron chi connectivity index (χ4n) is 1.39. The van der Waals surface area contributed by atoms with Crippen LogP contribution in [0.15, 0.2) is 47.1 Å². The molecular formula is C13H12BrN3O. The van der Waals surface area contributed by atoms with Gasteiger partial charge in [0.05, 0.1) is 0 Å². The molecule has 0 aliphatic heterocycles. The molecule has 0 bridgehead atoms. The Balaban J connectivity index is 2.01. The first-order valence-corrected chi connectivity index (χ1v) is 6.19. The molecule has 0 spiro atoms. The van der Waals surface area contributed by atoms with Gasteiger partial charge in [0.1, 0.15) is 5.82 Å². The van der Waals surface area contributed by atoms with Gasteiger partial charge in [-0.1, -0.05) is 28.1 Å². The first kappa shape index (κ1) is 12.6. The monoisotopic (exact) mass is 305 g/mol. The average Bonchev–Trinajstić information content (AvgIpc) is 2.35. The van der Waals surface area contributed by atoms with Gasteiger partial charge in [-0.05, 0) is 36.8 Å². The number of carbonyl (C=O) groups is 1. The minimum atomic E-state index is -0.315. The Morgan fingerprint density at radius 2 is 2.06 bits per heavy atom. The van der Waals surface area contributed by atoms with Crippen molar-refractivity contribution in [3.8, 4) is 0 Å². The number of anilines is 2. The zero-order valence-corrected chi connectivity index (χ0v) is 11.4. The summed E-state index contributed by atoms with van der Waals surface area (Å²) >= 11 is 3.42. The van der Waals surface area contributed by atoms with Crippen molar-refractivity contribution in [1.29, 1.82) is 0 Å². The van der Waals surface area contributed by atoms with Crippen LogP contribution >= 0.6 is 15.9 Å². The molecule has 0 atom stereocenters. The standard InChI is InChI=1S/C13H12BrN3O/c1-9-5-6-10(8-11(9)14)16-13(18)17-12-4-2-3-7-15-12/h2-8H,1H3,(H2,15,16,17,18). The molecule has 2 rings (SSSR count). The predicted molar refractivity (Wildman–Crippen MR) is 75.8 cm³/mol. The second-order valence-electron chi connectivity index (χ2n) is 3.76. The Bertz CT molecular complexity index is 557. The third-order valence-corrected chi connectivity index (χ3v) is 3.19. The molecule has 2 N–H and O–H groups in total. The van der Waals surface area contributed by atoms with Gasteiger partial charge < -0.3 is 5.32 Å². The molecule has 18 heavy (non-hydrogen) atoms. The van der Waals surface area contributed by atoms with Crippen molar-refractivity contribution in [1.82, 2.24) is 4.98 Å². The van der Waals surface area contributed by atoms with Crippen molar-refractivity contribution >= 4 is 33.5 Å². The number of rotatable bonds is 2. The fourth-order valence-corrected chi connectivity index (χ4v) is 1.76. The Labute approximate surface area is 114 Å². The van der Waals surface area contributed by atoms with E-state index in [9.17, 15) is 4.79 Å². The number of nitrogens with zero attached hydrogens (tertiary/aromatic N) is 1. The Hall–Kier alpha value is -1.88. The quantitative estimate of drug-likeness (QED) is 0.886. The molecule has 1 heterocycles. The van der Waals surface area contributed by atoms with E-state index in [-0.39, 0.29) is 6.03 Å². The van der Waals surface area contributed by atoms with Gasteiger partial charge in [0.2, 0.25) is 0 Å². The number of amides is 2. The highest BCUT2D eigenvalue weighted by atomic mass is 79.9. The molecule has 5 heteroatoms. The van der Waals surface area contributed by atoms with Gasteiger partial charge in [0.15, 0.2) is 0 Å². The van der Waals surface area contributed by atoms with Crippen LogP contribution in [0.2, 0.25) is 0 Å². The SMILES string of the molecule is Cc1ccc(NC(=O)Nc2ccccn2)cc1Br. The van der Waals surface area contributed by atoms with Crippen molar-refractivity contribution in [2.24, 2.45) is 0 Å². The van der Waals surface area contributed by atoms with E-state index in [0.717, 1.165) is 15.7 Å². The van der Waals surface area contributed by atoms with E-state index in [1.54, 1.807) is 18.3 Å². The van der Waals surface area contributed by atoms with Crippen molar-refractivity contribution in [3.63, 3.8) is 0 Å². The van der Waals surface area contributed by atoms with Gasteiger partial charge in [0, 0.05) is 16.4 Å². The molecule has 0 aliphatic carbocycles. The minimum absolute atomic E-state index is 0.315. The number of nitrogens with one attached hydrogen (secondary N) is 2. The van der Waals surface area contributed by atoms with Gasteiger partial charge in [-0.15, -0.1) is 0 Å². The highest BCUT2D eigenvalue weighted by Gasteiger charge is 2.04. The van der Waals surface area contributed by atoms with Crippen molar-refractivity contribution in [2.75, 3.05) is 10.6 Å². The van der Waals surface area contributed by atoms with E-state index in [1.165, 1.54) is 0 Å². The summed E-state index contributed by atoms with van der Waals surface area (Å²) < 4.78 is 0.957. The summed E-state index contributed by atoms with van der Waals surface area (Å²) in [5, 5.41) is 5.39. The molecule has 2 aromatic rings. The summed E-state index contributed by atoms with van der Waals surface area (Å²) in [5.74, 6) is 0.515. The molecule has 0 fully saturated rings.